The maximum Gasteiger partial charge on any atom is 0.108 e. The molecule has 0 saturated carbocycles. The van der Waals surface area contributed by atoms with Gasteiger partial charge in [-0.2, -0.15) is 0 Å². The normalized spacial score (nSPS) is 9.12. The Balaban J connectivity index is 2.83. The molecule has 0 N–H and O–H groups in total. The smallest absolute Gasteiger partial charge is 0.108 e. The van der Waals surface area contributed by atoms with Gasteiger partial charge in [0.05, 0.1) is 0 Å². The van der Waals surface area contributed by atoms with E-state index < -0.39 is 0 Å². The van der Waals surface area contributed by atoms with Gasteiger partial charge in [-0.1, -0.05) is 24.3 Å². The lowest BCUT2D eigenvalue weighted by atomic mass is 10.2. The molecule has 0 fully saturated rings. The molecule has 0 aliphatic rings. The van der Waals surface area contributed by atoms with Crippen molar-refractivity contribution in [2.45, 2.75) is 6.61 Å². The Morgan fingerprint density at radius 3 is 2.75 bits per heavy atom. The zero-order valence-electron chi connectivity index (χ0n) is 4.42. The van der Waals surface area contributed by atoms with Crippen LogP contribution in [-0.4, -0.2) is 0 Å². The van der Waals surface area contributed by atoms with Crippen LogP contribution in [0.1, 0.15) is 5.56 Å². The third-order valence-electron chi connectivity index (χ3n) is 0.929. The van der Waals surface area contributed by atoms with Crippen LogP contribution in [0.4, 0.5) is 0 Å². The van der Waals surface area contributed by atoms with Gasteiger partial charge in [-0.15, -0.1) is 0 Å². The first-order valence-electron chi connectivity index (χ1n) is 2.47. The van der Waals surface area contributed by atoms with Gasteiger partial charge < -0.3 is 0 Å². The second-order valence-corrected chi connectivity index (χ2v) is 1.53. The molecule has 0 saturated heterocycles. The summed E-state index contributed by atoms with van der Waals surface area (Å²) in [7, 11) is 0. The molecular formula is C7H6O. The predicted octanol–water partition coefficient (Wildman–Crippen LogP) is 1.42. The Morgan fingerprint density at radius 2 is 2.38 bits per heavy atom. The summed E-state index contributed by atoms with van der Waals surface area (Å²) in [6.07, 6.45) is 0. The molecule has 0 atom stereocenters. The molecule has 40 valence electrons. The monoisotopic (exact) mass is 106 g/mol. The highest BCUT2D eigenvalue weighted by molar-refractivity contribution is 5.11. The third-order valence-corrected chi connectivity index (χ3v) is 0.929. The molecule has 0 unspecified atom stereocenters. The van der Waals surface area contributed by atoms with Crippen molar-refractivity contribution in [2.75, 3.05) is 0 Å². The molecule has 1 nitrogen and oxygen atoms in total. The molecule has 0 aliphatic carbocycles. The van der Waals surface area contributed by atoms with Crippen LogP contribution in [0.25, 0.3) is 0 Å². The maximum absolute atomic E-state index is 10.1. The van der Waals surface area contributed by atoms with Crippen molar-refractivity contribution in [1.82, 2.24) is 0 Å². The van der Waals surface area contributed by atoms with Gasteiger partial charge in [-0.3, -0.25) is 0 Å². The Hall–Kier alpha value is -0.820. The van der Waals surface area contributed by atoms with E-state index in [1.54, 1.807) is 12.1 Å². The fraction of sp³-hybridized carbons (Fsp3) is 0.143. The predicted molar refractivity (Wildman–Crippen MR) is 29.7 cm³/mol. The van der Waals surface area contributed by atoms with Crippen LogP contribution >= 0.6 is 0 Å². The molecule has 0 amide bonds. The van der Waals surface area contributed by atoms with Gasteiger partial charge in [0.25, 0.3) is 0 Å². The summed E-state index contributed by atoms with van der Waals surface area (Å²) in [6.45, 7) is -0.166. The number of benzene rings is 1. The van der Waals surface area contributed by atoms with Crippen LogP contribution in [0.3, 0.4) is 0 Å². The largest absolute Gasteiger partial charge is 0.232 e. The fourth-order valence-electron chi connectivity index (χ4n) is 0.520. The minimum Gasteiger partial charge on any atom is -0.232 e. The topological polar surface area (TPSA) is 19.9 Å². The Labute approximate surface area is 48.6 Å². The van der Waals surface area contributed by atoms with E-state index in [4.69, 9.17) is 0 Å². The van der Waals surface area contributed by atoms with Crippen molar-refractivity contribution >= 4 is 0 Å². The van der Waals surface area contributed by atoms with Crippen molar-refractivity contribution in [1.29, 1.82) is 0 Å². The molecule has 2 radical (unpaired) electrons. The van der Waals surface area contributed by atoms with Gasteiger partial charge in [0, 0.05) is 0 Å². The van der Waals surface area contributed by atoms with Crippen molar-refractivity contribution in [3.8, 4) is 0 Å². The SMILES string of the molecule is [O]Cc1[c]cccc1. The summed E-state index contributed by atoms with van der Waals surface area (Å²) in [4.78, 5) is 0. The number of hydrogen-bond acceptors (Lipinski definition) is 0. The first-order valence-corrected chi connectivity index (χ1v) is 2.47. The minimum atomic E-state index is -0.166. The minimum absolute atomic E-state index is 0.166. The Morgan fingerprint density at radius 1 is 1.50 bits per heavy atom. The second-order valence-electron chi connectivity index (χ2n) is 1.53. The Kier molecular flexibility index (Phi) is 1.65. The van der Waals surface area contributed by atoms with Crippen LogP contribution in [0, 0.1) is 6.07 Å². The van der Waals surface area contributed by atoms with Crippen molar-refractivity contribution in [2.24, 2.45) is 0 Å². The number of hydrogen-bond donors (Lipinski definition) is 0. The van der Waals surface area contributed by atoms with E-state index in [1.807, 2.05) is 12.1 Å². The quantitative estimate of drug-likeness (QED) is 0.516. The molecule has 0 aromatic heterocycles. The molecule has 1 aromatic carbocycles. The standard InChI is InChI=1S/C7H6O/c8-6-7-4-2-1-3-5-7/h1-4H,6H2. The highest BCUT2D eigenvalue weighted by Crippen LogP contribution is 1.94. The molecule has 1 aromatic rings. The summed E-state index contributed by atoms with van der Waals surface area (Å²) in [6, 6.07) is 10.0. The molecule has 0 aliphatic heterocycles. The van der Waals surface area contributed by atoms with E-state index in [2.05, 4.69) is 6.07 Å². The highest BCUT2D eigenvalue weighted by Gasteiger charge is 1.83. The van der Waals surface area contributed by atoms with E-state index in [0.717, 1.165) is 5.56 Å². The third kappa shape index (κ3) is 1.07. The molecule has 0 bridgehead atoms. The molecular weight excluding hydrogens is 100 g/mol. The van der Waals surface area contributed by atoms with Gasteiger partial charge >= 0.3 is 0 Å². The number of rotatable bonds is 1. The lowest BCUT2D eigenvalue weighted by Gasteiger charge is -1.86. The van der Waals surface area contributed by atoms with E-state index in [-0.39, 0.29) is 6.61 Å². The molecule has 0 spiro atoms. The van der Waals surface area contributed by atoms with E-state index in [0.29, 0.717) is 0 Å². The zero-order valence-corrected chi connectivity index (χ0v) is 4.42. The fourth-order valence-corrected chi connectivity index (χ4v) is 0.520. The van der Waals surface area contributed by atoms with Crippen LogP contribution < -0.4 is 0 Å². The zero-order chi connectivity index (χ0) is 5.82. The van der Waals surface area contributed by atoms with Crippen molar-refractivity contribution in [3.05, 3.63) is 35.9 Å². The second kappa shape index (κ2) is 2.48. The van der Waals surface area contributed by atoms with Gasteiger partial charge in [0.1, 0.15) is 6.61 Å². The highest BCUT2D eigenvalue weighted by atomic mass is 16.3. The summed E-state index contributed by atoms with van der Waals surface area (Å²) in [5, 5.41) is 10.1. The first-order chi connectivity index (χ1) is 3.93. The maximum atomic E-state index is 10.1. The van der Waals surface area contributed by atoms with Gasteiger partial charge in [0.15, 0.2) is 0 Å². The molecule has 0 heterocycles. The summed E-state index contributed by atoms with van der Waals surface area (Å²) < 4.78 is 0. The molecule has 1 heteroatoms. The summed E-state index contributed by atoms with van der Waals surface area (Å²) in [5.74, 6) is 0. The van der Waals surface area contributed by atoms with E-state index in [1.165, 1.54) is 0 Å². The summed E-state index contributed by atoms with van der Waals surface area (Å²) in [5.41, 5.74) is 0.729. The lowest BCUT2D eigenvalue weighted by molar-refractivity contribution is 0.177. The average molecular weight is 106 g/mol. The van der Waals surface area contributed by atoms with Crippen molar-refractivity contribution < 1.29 is 5.11 Å². The molecule has 1 rings (SSSR count). The first kappa shape index (κ1) is 5.32. The van der Waals surface area contributed by atoms with Crippen LogP contribution in [0.2, 0.25) is 0 Å². The summed E-state index contributed by atoms with van der Waals surface area (Å²) >= 11 is 0. The van der Waals surface area contributed by atoms with Gasteiger partial charge in [-0.25, -0.2) is 5.11 Å². The Bertz CT molecular complexity index is 146. The lowest BCUT2D eigenvalue weighted by Crippen LogP contribution is -1.76. The van der Waals surface area contributed by atoms with Crippen LogP contribution in [-0.2, 0) is 11.7 Å². The van der Waals surface area contributed by atoms with Crippen molar-refractivity contribution in [3.63, 3.8) is 0 Å². The van der Waals surface area contributed by atoms with E-state index >= 15 is 0 Å². The van der Waals surface area contributed by atoms with Crippen LogP contribution in [0.5, 0.6) is 0 Å². The van der Waals surface area contributed by atoms with Gasteiger partial charge in [0.2, 0.25) is 0 Å². The van der Waals surface area contributed by atoms with E-state index in [9.17, 15) is 5.11 Å². The molecule has 8 heavy (non-hydrogen) atoms. The average Bonchev–Trinajstić information content (AvgIpc) is 1.90. The van der Waals surface area contributed by atoms with Crippen LogP contribution in [0.15, 0.2) is 24.3 Å². The van der Waals surface area contributed by atoms with Gasteiger partial charge in [-0.05, 0) is 11.6 Å².